The summed E-state index contributed by atoms with van der Waals surface area (Å²) in [5.74, 6) is -0.282. The van der Waals surface area contributed by atoms with Gasteiger partial charge >= 0.3 is 15.6 Å². The third kappa shape index (κ3) is 3.99. The Morgan fingerprint density at radius 2 is 1.79 bits per heavy atom. The molecule has 1 N–H and O–H groups in total. The number of alkyl halides is 3. The SMILES string of the molecule is CCC(CCO)c1ccc2ccc(OS(=O)(=O)C(F)(F)F)cc2c1. The van der Waals surface area contributed by atoms with Crippen molar-refractivity contribution in [2.45, 2.75) is 31.2 Å². The molecule has 2 aromatic carbocycles. The molecule has 0 bridgehead atoms. The fourth-order valence-electron chi connectivity index (χ4n) is 2.49. The Kier molecular flexibility index (Phi) is 5.39. The zero-order valence-corrected chi connectivity index (χ0v) is 13.7. The van der Waals surface area contributed by atoms with Gasteiger partial charge in [-0.25, -0.2) is 0 Å². The zero-order chi connectivity index (χ0) is 18.0. The molecular weight excluding hydrogens is 345 g/mol. The number of aliphatic hydroxyl groups is 1. The summed E-state index contributed by atoms with van der Waals surface area (Å²) < 4.78 is 63.5. The van der Waals surface area contributed by atoms with E-state index in [9.17, 15) is 21.6 Å². The van der Waals surface area contributed by atoms with Crippen molar-refractivity contribution in [1.82, 2.24) is 0 Å². The van der Waals surface area contributed by atoms with Crippen LogP contribution in [0.5, 0.6) is 5.75 Å². The van der Waals surface area contributed by atoms with Gasteiger partial charge in [0.1, 0.15) is 5.75 Å². The van der Waals surface area contributed by atoms with Crippen LogP contribution in [0.1, 0.15) is 31.2 Å². The van der Waals surface area contributed by atoms with E-state index in [1.54, 1.807) is 12.1 Å². The highest BCUT2D eigenvalue weighted by molar-refractivity contribution is 7.88. The average Bonchev–Trinajstić information content (AvgIpc) is 2.50. The monoisotopic (exact) mass is 362 g/mol. The molecule has 2 rings (SSSR count). The van der Waals surface area contributed by atoms with Crippen molar-refractivity contribution in [3.05, 3.63) is 42.0 Å². The van der Waals surface area contributed by atoms with Crippen molar-refractivity contribution >= 4 is 20.9 Å². The predicted molar refractivity (Wildman–Crippen MR) is 84.3 cm³/mol. The molecule has 0 aliphatic heterocycles. The molecule has 0 heterocycles. The summed E-state index contributed by atoms with van der Waals surface area (Å²) in [6, 6.07) is 9.38. The van der Waals surface area contributed by atoms with Gasteiger partial charge < -0.3 is 9.29 Å². The molecule has 0 spiro atoms. The van der Waals surface area contributed by atoms with Crippen LogP contribution in [0.15, 0.2) is 36.4 Å². The Hall–Kier alpha value is -1.80. The van der Waals surface area contributed by atoms with Gasteiger partial charge in [0.05, 0.1) is 0 Å². The lowest BCUT2D eigenvalue weighted by Gasteiger charge is -2.15. The number of fused-ring (bicyclic) bond motifs is 1. The Morgan fingerprint density at radius 1 is 1.12 bits per heavy atom. The number of hydrogen-bond acceptors (Lipinski definition) is 4. The Labute approximate surface area is 138 Å². The van der Waals surface area contributed by atoms with Crippen LogP contribution in [0.4, 0.5) is 13.2 Å². The molecule has 0 radical (unpaired) electrons. The van der Waals surface area contributed by atoms with Crippen LogP contribution < -0.4 is 4.18 Å². The van der Waals surface area contributed by atoms with Gasteiger partial charge in [0.2, 0.25) is 0 Å². The van der Waals surface area contributed by atoms with Crippen molar-refractivity contribution in [1.29, 1.82) is 0 Å². The van der Waals surface area contributed by atoms with E-state index in [0.717, 1.165) is 17.4 Å². The number of aliphatic hydroxyl groups excluding tert-OH is 1. The standard InChI is InChI=1S/C16H17F3O4S/c1-2-11(7-8-20)13-4-3-12-5-6-15(10-14(12)9-13)23-24(21,22)16(17,18)19/h3-6,9-11,20H,2,7-8H2,1H3. The minimum atomic E-state index is -5.69. The first kappa shape index (κ1) is 18.5. The maximum absolute atomic E-state index is 12.4. The Balaban J connectivity index is 2.39. The maximum Gasteiger partial charge on any atom is 0.534 e. The summed E-state index contributed by atoms with van der Waals surface area (Å²) in [6.45, 7) is 2.00. The molecule has 0 aliphatic rings. The summed E-state index contributed by atoms with van der Waals surface area (Å²) in [6.07, 6.45) is 1.37. The van der Waals surface area contributed by atoms with Gasteiger partial charge in [0, 0.05) is 6.61 Å². The van der Waals surface area contributed by atoms with Gasteiger partial charge in [-0.3, -0.25) is 0 Å². The fourth-order valence-corrected chi connectivity index (χ4v) is 2.94. The highest BCUT2D eigenvalue weighted by Gasteiger charge is 2.48. The molecule has 1 unspecified atom stereocenters. The molecule has 0 saturated heterocycles. The normalized spacial score (nSPS) is 13.9. The molecule has 8 heteroatoms. The third-order valence-electron chi connectivity index (χ3n) is 3.77. The van der Waals surface area contributed by atoms with E-state index < -0.39 is 21.4 Å². The van der Waals surface area contributed by atoms with Crippen LogP contribution in [0, 0.1) is 0 Å². The van der Waals surface area contributed by atoms with Gasteiger partial charge in [-0.15, -0.1) is 0 Å². The van der Waals surface area contributed by atoms with Gasteiger partial charge in [-0.05, 0) is 47.2 Å². The van der Waals surface area contributed by atoms with Gasteiger partial charge in [-0.2, -0.15) is 21.6 Å². The quantitative estimate of drug-likeness (QED) is 0.624. The predicted octanol–water partition coefficient (Wildman–Crippen LogP) is 3.94. The van der Waals surface area contributed by atoms with E-state index in [2.05, 4.69) is 4.18 Å². The maximum atomic E-state index is 12.4. The smallest absolute Gasteiger partial charge is 0.396 e. The second-order valence-electron chi connectivity index (χ2n) is 5.37. The van der Waals surface area contributed by atoms with Crippen molar-refractivity contribution in [3.8, 4) is 5.75 Å². The molecule has 4 nitrogen and oxygen atoms in total. The molecule has 1 atom stereocenters. The number of rotatable bonds is 6. The van der Waals surface area contributed by atoms with E-state index in [1.807, 2.05) is 13.0 Å². The summed E-state index contributed by atoms with van der Waals surface area (Å²) >= 11 is 0. The van der Waals surface area contributed by atoms with Crippen LogP contribution in [0.2, 0.25) is 0 Å². The lowest BCUT2D eigenvalue weighted by molar-refractivity contribution is -0.0500. The minimum absolute atomic E-state index is 0.0313. The average molecular weight is 362 g/mol. The Bertz CT molecular complexity index is 816. The van der Waals surface area contributed by atoms with E-state index in [-0.39, 0.29) is 12.5 Å². The highest BCUT2D eigenvalue weighted by Crippen LogP contribution is 2.31. The van der Waals surface area contributed by atoms with Crippen LogP contribution in [0.3, 0.4) is 0 Å². The van der Waals surface area contributed by atoms with Crippen molar-refractivity contribution in [2.75, 3.05) is 6.61 Å². The van der Waals surface area contributed by atoms with Crippen molar-refractivity contribution < 1.29 is 30.9 Å². The fraction of sp³-hybridized carbons (Fsp3) is 0.375. The first-order chi connectivity index (χ1) is 11.2. The van der Waals surface area contributed by atoms with Crippen LogP contribution in [-0.2, 0) is 10.1 Å². The van der Waals surface area contributed by atoms with Crippen LogP contribution >= 0.6 is 0 Å². The first-order valence-corrected chi connectivity index (χ1v) is 8.74. The highest BCUT2D eigenvalue weighted by atomic mass is 32.2. The number of halogens is 3. The van der Waals surface area contributed by atoms with Crippen LogP contribution in [0.25, 0.3) is 10.8 Å². The molecule has 0 aromatic heterocycles. The van der Waals surface area contributed by atoms with E-state index in [4.69, 9.17) is 5.11 Å². The minimum Gasteiger partial charge on any atom is -0.396 e. The lowest BCUT2D eigenvalue weighted by Crippen LogP contribution is -2.28. The summed E-state index contributed by atoms with van der Waals surface area (Å²) in [4.78, 5) is 0. The molecule has 0 saturated carbocycles. The number of hydrogen-bond donors (Lipinski definition) is 1. The topological polar surface area (TPSA) is 63.6 Å². The van der Waals surface area contributed by atoms with Gasteiger partial charge in [0.15, 0.2) is 0 Å². The number of benzene rings is 2. The largest absolute Gasteiger partial charge is 0.534 e. The van der Waals surface area contributed by atoms with E-state index in [0.29, 0.717) is 11.8 Å². The zero-order valence-electron chi connectivity index (χ0n) is 12.9. The molecular formula is C16H17F3O4S. The molecule has 2 aromatic rings. The molecule has 0 amide bonds. The summed E-state index contributed by atoms with van der Waals surface area (Å²) in [7, 11) is -5.69. The summed E-state index contributed by atoms with van der Waals surface area (Å²) in [5, 5.41) is 10.4. The molecule has 24 heavy (non-hydrogen) atoms. The second kappa shape index (κ2) is 6.98. The summed E-state index contributed by atoms with van der Waals surface area (Å²) in [5.41, 5.74) is -4.55. The Morgan fingerprint density at radius 3 is 2.38 bits per heavy atom. The van der Waals surface area contributed by atoms with Crippen molar-refractivity contribution in [3.63, 3.8) is 0 Å². The van der Waals surface area contributed by atoms with E-state index >= 15 is 0 Å². The second-order valence-corrected chi connectivity index (χ2v) is 6.91. The lowest BCUT2D eigenvalue weighted by atomic mass is 9.92. The van der Waals surface area contributed by atoms with Crippen molar-refractivity contribution in [2.24, 2.45) is 0 Å². The van der Waals surface area contributed by atoms with Crippen LogP contribution in [-0.4, -0.2) is 25.6 Å². The van der Waals surface area contributed by atoms with Gasteiger partial charge in [-0.1, -0.05) is 31.2 Å². The van der Waals surface area contributed by atoms with Gasteiger partial charge in [0.25, 0.3) is 0 Å². The van der Waals surface area contributed by atoms with E-state index in [1.165, 1.54) is 18.2 Å². The molecule has 0 fully saturated rings. The third-order valence-corrected chi connectivity index (χ3v) is 4.75. The molecule has 132 valence electrons. The molecule has 0 aliphatic carbocycles. The first-order valence-electron chi connectivity index (χ1n) is 7.33.